The van der Waals surface area contributed by atoms with Gasteiger partial charge < -0.3 is 4.90 Å². The molecule has 0 aromatic carbocycles. The Bertz CT molecular complexity index is 428. The maximum absolute atomic E-state index is 12.7. The molecule has 3 atom stereocenters. The third kappa shape index (κ3) is 2.77. The second-order valence-corrected chi connectivity index (χ2v) is 6.43. The van der Waals surface area contributed by atoms with E-state index < -0.39 is 0 Å². The van der Waals surface area contributed by atoms with Crippen molar-refractivity contribution in [2.24, 2.45) is 5.92 Å². The molecule has 1 aromatic heterocycles. The van der Waals surface area contributed by atoms with Gasteiger partial charge in [-0.3, -0.25) is 10.1 Å². The van der Waals surface area contributed by atoms with Gasteiger partial charge >= 0.3 is 0 Å². The van der Waals surface area contributed by atoms with E-state index in [0.717, 1.165) is 19.3 Å². The molecule has 112 valence electrons. The van der Waals surface area contributed by atoms with E-state index in [1.807, 2.05) is 0 Å². The van der Waals surface area contributed by atoms with Crippen molar-refractivity contribution in [3.8, 4) is 0 Å². The van der Waals surface area contributed by atoms with E-state index in [1.54, 1.807) is 11.3 Å². The molecule has 0 radical (unpaired) electrons. The van der Waals surface area contributed by atoms with Gasteiger partial charge in [0.25, 0.3) is 0 Å². The second kappa shape index (κ2) is 6.72. The van der Waals surface area contributed by atoms with E-state index in [4.69, 9.17) is 0 Å². The third-order valence-corrected chi connectivity index (χ3v) is 5.33. The molecule has 1 aliphatic heterocycles. The molecule has 4 heteroatoms. The minimum absolute atomic E-state index is 0.0308. The summed E-state index contributed by atoms with van der Waals surface area (Å²) >= 11 is 1.69. The van der Waals surface area contributed by atoms with Crippen LogP contribution >= 0.6 is 11.3 Å². The molecule has 3 nitrogen and oxygen atoms in total. The van der Waals surface area contributed by atoms with Crippen molar-refractivity contribution >= 4 is 17.2 Å². The van der Waals surface area contributed by atoms with Crippen LogP contribution in [-0.4, -0.2) is 22.9 Å². The van der Waals surface area contributed by atoms with Crippen LogP contribution in [0, 0.1) is 5.92 Å². The van der Waals surface area contributed by atoms with Gasteiger partial charge in [0.2, 0.25) is 5.91 Å². The molecular weight excluding hydrogens is 268 g/mol. The lowest BCUT2D eigenvalue weighted by Crippen LogP contribution is -2.42. The lowest BCUT2D eigenvalue weighted by molar-refractivity contribution is -0.133. The Morgan fingerprint density at radius 1 is 1.35 bits per heavy atom. The normalized spacial score (nSPS) is 24.6. The molecule has 0 spiro atoms. The zero-order chi connectivity index (χ0) is 14.7. The first-order chi connectivity index (χ1) is 9.63. The molecular formula is C16H26N2OS. The molecule has 1 amide bonds. The van der Waals surface area contributed by atoms with Crippen LogP contribution in [0.2, 0.25) is 0 Å². The standard InChI is InChI=1S/C16H26N2OS/c1-5-12(6-2)11(4)18-15(13-8-9-20-10-13)17-14(7-3)16(18)19/h8-12,14-15,17H,5-7H2,1-4H3. The van der Waals surface area contributed by atoms with Crippen LogP contribution in [-0.2, 0) is 4.79 Å². The minimum Gasteiger partial charge on any atom is -0.319 e. The Morgan fingerprint density at radius 3 is 2.55 bits per heavy atom. The van der Waals surface area contributed by atoms with Gasteiger partial charge in [0.05, 0.1) is 6.04 Å². The highest BCUT2D eigenvalue weighted by Gasteiger charge is 2.42. The SMILES string of the molecule is CCC1NC(c2ccsc2)N(C(C)C(CC)CC)C1=O. The van der Waals surface area contributed by atoms with Crippen molar-refractivity contribution in [2.75, 3.05) is 0 Å². The number of carbonyl (C=O) groups is 1. The number of hydrogen-bond acceptors (Lipinski definition) is 3. The number of rotatable bonds is 6. The molecule has 1 fully saturated rings. The first-order valence-electron chi connectivity index (χ1n) is 7.74. The van der Waals surface area contributed by atoms with Gasteiger partial charge in [0, 0.05) is 6.04 Å². The molecule has 0 bridgehead atoms. The van der Waals surface area contributed by atoms with Crippen molar-refractivity contribution in [1.82, 2.24) is 10.2 Å². The number of thiophene rings is 1. The Labute approximate surface area is 126 Å². The summed E-state index contributed by atoms with van der Waals surface area (Å²) in [4.78, 5) is 14.8. The van der Waals surface area contributed by atoms with Gasteiger partial charge in [-0.25, -0.2) is 0 Å². The Morgan fingerprint density at radius 2 is 2.05 bits per heavy atom. The van der Waals surface area contributed by atoms with Crippen molar-refractivity contribution in [1.29, 1.82) is 0 Å². The summed E-state index contributed by atoms with van der Waals surface area (Å²) in [5.41, 5.74) is 1.22. The molecule has 1 saturated heterocycles. The van der Waals surface area contributed by atoms with E-state index >= 15 is 0 Å². The number of nitrogens with zero attached hydrogens (tertiary/aromatic N) is 1. The fourth-order valence-electron chi connectivity index (χ4n) is 3.26. The van der Waals surface area contributed by atoms with E-state index in [0.29, 0.717) is 5.92 Å². The van der Waals surface area contributed by atoms with Gasteiger partial charge in [0.1, 0.15) is 6.17 Å². The number of carbonyl (C=O) groups excluding carboxylic acids is 1. The topological polar surface area (TPSA) is 32.3 Å². The van der Waals surface area contributed by atoms with Crippen molar-refractivity contribution in [3.05, 3.63) is 22.4 Å². The van der Waals surface area contributed by atoms with E-state index in [2.05, 4.69) is 54.7 Å². The van der Waals surface area contributed by atoms with Gasteiger partial charge in [0.15, 0.2) is 0 Å². The van der Waals surface area contributed by atoms with Crippen molar-refractivity contribution < 1.29 is 4.79 Å². The van der Waals surface area contributed by atoms with Crippen LogP contribution in [0.15, 0.2) is 16.8 Å². The Hall–Kier alpha value is -0.870. The van der Waals surface area contributed by atoms with Crippen LogP contribution in [0.5, 0.6) is 0 Å². The van der Waals surface area contributed by atoms with E-state index in [9.17, 15) is 4.79 Å². The fraction of sp³-hybridized carbons (Fsp3) is 0.688. The van der Waals surface area contributed by atoms with Crippen LogP contribution in [0.1, 0.15) is 58.7 Å². The van der Waals surface area contributed by atoms with Gasteiger partial charge in [-0.1, -0.05) is 33.6 Å². The highest BCUT2D eigenvalue weighted by atomic mass is 32.1. The van der Waals surface area contributed by atoms with Crippen molar-refractivity contribution in [3.63, 3.8) is 0 Å². The number of nitrogens with one attached hydrogen (secondary N) is 1. The maximum atomic E-state index is 12.7. The molecule has 1 aromatic rings. The summed E-state index contributed by atoms with van der Waals surface area (Å²) in [5.74, 6) is 0.834. The maximum Gasteiger partial charge on any atom is 0.241 e. The highest BCUT2D eigenvalue weighted by Crippen LogP contribution is 2.33. The molecule has 1 N–H and O–H groups in total. The molecule has 2 rings (SSSR count). The lowest BCUT2D eigenvalue weighted by Gasteiger charge is -2.35. The molecule has 20 heavy (non-hydrogen) atoms. The van der Waals surface area contributed by atoms with Crippen LogP contribution < -0.4 is 5.32 Å². The summed E-state index contributed by atoms with van der Waals surface area (Å²) in [7, 11) is 0. The fourth-order valence-corrected chi connectivity index (χ4v) is 3.94. The zero-order valence-corrected chi connectivity index (χ0v) is 13.7. The quantitative estimate of drug-likeness (QED) is 0.866. The summed E-state index contributed by atoms with van der Waals surface area (Å²) < 4.78 is 0. The van der Waals surface area contributed by atoms with Gasteiger partial charge in [-0.05, 0) is 41.7 Å². The first kappa shape index (κ1) is 15.5. The number of hydrogen-bond donors (Lipinski definition) is 1. The Kier molecular flexibility index (Phi) is 5.22. The van der Waals surface area contributed by atoms with Crippen LogP contribution in [0.3, 0.4) is 0 Å². The Balaban J connectivity index is 2.27. The van der Waals surface area contributed by atoms with Crippen LogP contribution in [0.25, 0.3) is 0 Å². The lowest BCUT2D eigenvalue weighted by atomic mass is 9.93. The zero-order valence-electron chi connectivity index (χ0n) is 12.9. The number of amides is 1. The predicted octanol–water partition coefficient (Wildman–Crippen LogP) is 3.78. The largest absolute Gasteiger partial charge is 0.319 e. The average molecular weight is 294 g/mol. The van der Waals surface area contributed by atoms with E-state index in [1.165, 1.54) is 5.56 Å². The van der Waals surface area contributed by atoms with Gasteiger partial charge in [-0.2, -0.15) is 11.3 Å². The van der Waals surface area contributed by atoms with Crippen LogP contribution in [0.4, 0.5) is 0 Å². The molecule has 2 heterocycles. The molecule has 3 unspecified atom stereocenters. The van der Waals surface area contributed by atoms with Crippen molar-refractivity contribution in [2.45, 2.75) is 65.2 Å². The first-order valence-corrected chi connectivity index (χ1v) is 8.68. The summed E-state index contributed by atoms with van der Waals surface area (Å²) in [5, 5.41) is 7.74. The molecule has 0 aliphatic carbocycles. The second-order valence-electron chi connectivity index (χ2n) is 5.65. The third-order valence-electron chi connectivity index (χ3n) is 4.63. The summed E-state index contributed by atoms with van der Waals surface area (Å²) in [6.45, 7) is 8.71. The van der Waals surface area contributed by atoms with Gasteiger partial charge in [-0.15, -0.1) is 0 Å². The van der Waals surface area contributed by atoms with E-state index in [-0.39, 0.29) is 24.2 Å². The molecule has 0 saturated carbocycles. The molecule has 1 aliphatic rings. The summed E-state index contributed by atoms with van der Waals surface area (Å²) in [6, 6.07) is 2.38. The highest BCUT2D eigenvalue weighted by molar-refractivity contribution is 7.07. The minimum atomic E-state index is -0.0308. The average Bonchev–Trinajstić information content (AvgIpc) is 3.07. The predicted molar refractivity (Wildman–Crippen MR) is 84.7 cm³/mol. The monoisotopic (exact) mass is 294 g/mol. The summed E-state index contributed by atoms with van der Waals surface area (Å²) in [6.07, 6.45) is 3.14. The smallest absolute Gasteiger partial charge is 0.241 e.